The number of ether oxygens (including phenoxy) is 2. The Morgan fingerprint density at radius 1 is 1.05 bits per heavy atom. The number of hydrogen-bond donors (Lipinski definition) is 0. The smallest absolute Gasteiger partial charge is 0.161 e. The van der Waals surface area contributed by atoms with Gasteiger partial charge in [-0.3, -0.25) is 4.99 Å². The molecule has 1 unspecified atom stereocenters. The van der Waals surface area contributed by atoms with Crippen molar-refractivity contribution in [3.05, 3.63) is 59.7 Å². The second-order valence-corrected chi connectivity index (χ2v) is 4.33. The molecule has 0 bridgehead atoms. The van der Waals surface area contributed by atoms with E-state index in [1.54, 1.807) is 20.4 Å². The Morgan fingerprint density at radius 3 is 2.38 bits per heavy atom. The van der Waals surface area contributed by atoms with Gasteiger partial charge in [-0.25, -0.2) is 0 Å². The maximum absolute atomic E-state index is 9.23. The van der Waals surface area contributed by atoms with Crippen LogP contribution in [-0.4, -0.2) is 20.4 Å². The summed E-state index contributed by atoms with van der Waals surface area (Å²) in [7, 11) is 3.17. The van der Waals surface area contributed by atoms with Crippen molar-refractivity contribution >= 4 is 6.21 Å². The van der Waals surface area contributed by atoms with E-state index in [9.17, 15) is 5.26 Å². The molecule has 0 aliphatic carbocycles. The van der Waals surface area contributed by atoms with Crippen LogP contribution in [0.4, 0.5) is 0 Å². The number of nitrogens with zero attached hydrogens (tertiary/aromatic N) is 2. The number of rotatable bonds is 5. The molecule has 0 fully saturated rings. The van der Waals surface area contributed by atoms with Gasteiger partial charge in [0.15, 0.2) is 17.5 Å². The molecule has 4 heteroatoms. The summed E-state index contributed by atoms with van der Waals surface area (Å²) in [5, 5.41) is 9.23. The summed E-state index contributed by atoms with van der Waals surface area (Å²) in [5.41, 5.74) is 1.72. The molecule has 2 aromatic carbocycles. The number of hydrogen-bond acceptors (Lipinski definition) is 4. The molecule has 0 aliphatic rings. The molecule has 2 aromatic rings. The van der Waals surface area contributed by atoms with Crippen LogP contribution in [0.15, 0.2) is 53.5 Å². The van der Waals surface area contributed by atoms with Crippen LogP contribution in [0.1, 0.15) is 17.2 Å². The molecule has 0 spiro atoms. The van der Waals surface area contributed by atoms with E-state index in [1.165, 1.54) is 0 Å². The Bertz CT molecular complexity index is 660. The molecule has 0 amide bonds. The first-order valence-electron chi connectivity index (χ1n) is 6.48. The minimum Gasteiger partial charge on any atom is -0.493 e. The van der Waals surface area contributed by atoms with Crippen molar-refractivity contribution in [2.24, 2.45) is 4.99 Å². The van der Waals surface area contributed by atoms with Gasteiger partial charge in [0.2, 0.25) is 0 Å². The van der Waals surface area contributed by atoms with Gasteiger partial charge < -0.3 is 9.47 Å². The summed E-state index contributed by atoms with van der Waals surface area (Å²) >= 11 is 0. The minimum absolute atomic E-state index is 0.515. The van der Waals surface area contributed by atoms with Gasteiger partial charge in [-0.2, -0.15) is 5.26 Å². The molecule has 106 valence electrons. The fourth-order valence-electron chi connectivity index (χ4n) is 1.92. The van der Waals surface area contributed by atoms with Crippen molar-refractivity contribution in [3.63, 3.8) is 0 Å². The minimum atomic E-state index is -0.515. The second-order valence-electron chi connectivity index (χ2n) is 4.33. The van der Waals surface area contributed by atoms with Crippen LogP contribution in [0.3, 0.4) is 0 Å². The zero-order chi connectivity index (χ0) is 15.1. The van der Waals surface area contributed by atoms with Crippen LogP contribution in [0, 0.1) is 11.3 Å². The fourth-order valence-corrected chi connectivity index (χ4v) is 1.92. The monoisotopic (exact) mass is 280 g/mol. The maximum Gasteiger partial charge on any atom is 0.161 e. The van der Waals surface area contributed by atoms with Crippen molar-refractivity contribution in [1.29, 1.82) is 5.26 Å². The second kappa shape index (κ2) is 7.11. The Morgan fingerprint density at radius 2 is 1.76 bits per heavy atom. The highest BCUT2D eigenvalue weighted by atomic mass is 16.5. The van der Waals surface area contributed by atoms with Crippen molar-refractivity contribution in [2.75, 3.05) is 14.2 Å². The normalized spacial score (nSPS) is 11.9. The molecule has 0 heterocycles. The number of nitriles is 1. The van der Waals surface area contributed by atoms with Crippen molar-refractivity contribution in [2.45, 2.75) is 6.04 Å². The van der Waals surface area contributed by atoms with Crippen LogP contribution in [0.2, 0.25) is 0 Å². The largest absolute Gasteiger partial charge is 0.493 e. The summed E-state index contributed by atoms with van der Waals surface area (Å²) in [5.74, 6) is 1.30. The average molecular weight is 280 g/mol. The summed E-state index contributed by atoms with van der Waals surface area (Å²) in [4.78, 5) is 4.33. The van der Waals surface area contributed by atoms with Crippen LogP contribution in [-0.2, 0) is 0 Å². The highest BCUT2D eigenvalue weighted by molar-refractivity contribution is 5.81. The third-order valence-corrected chi connectivity index (χ3v) is 3.02. The fraction of sp³-hybridized carbons (Fsp3) is 0.176. The van der Waals surface area contributed by atoms with E-state index in [2.05, 4.69) is 11.1 Å². The van der Waals surface area contributed by atoms with Gasteiger partial charge in [0, 0.05) is 6.21 Å². The van der Waals surface area contributed by atoms with Gasteiger partial charge in [0.25, 0.3) is 0 Å². The van der Waals surface area contributed by atoms with Crippen molar-refractivity contribution in [3.8, 4) is 17.6 Å². The SMILES string of the molecule is COc1ccc(C=NC(C#N)c2ccccc2)cc1OC. The average Bonchev–Trinajstić information content (AvgIpc) is 2.56. The van der Waals surface area contributed by atoms with Crippen LogP contribution in [0.25, 0.3) is 0 Å². The van der Waals surface area contributed by atoms with Gasteiger partial charge in [0.05, 0.1) is 20.3 Å². The number of methoxy groups -OCH3 is 2. The molecule has 4 nitrogen and oxygen atoms in total. The zero-order valence-corrected chi connectivity index (χ0v) is 12.0. The van der Waals surface area contributed by atoms with E-state index < -0.39 is 6.04 Å². The summed E-state index contributed by atoms with van der Waals surface area (Å²) in [6, 6.07) is 16.6. The molecule has 0 radical (unpaired) electrons. The van der Waals surface area contributed by atoms with Gasteiger partial charge in [-0.15, -0.1) is 0 Å². The first-order valence-corrected chi connectivity index (χ1v) is 6.48. The van der Waals surface area contributed by atoms with E-state index >= 15 is 0 Å². The molecule has 0 N–H and O–H groups in total. The molecule has 0 saturated carbocycles. The van der Waals surface area contributed by atoms with E-state index in [0.29, 0.717) is 11.5 Å². The molecule has 0 aromatic heterocycles. The lowest BCUT2D eigenvalue weighted by Crippen LogP contribution is -1.95. The zero-order valence-electron chi connectivity index (χ0n) is 12.0. The molecule has 0 aliphatic heterocycles. The van der Waals surface area contributed by atoms with Gasteiger partial charge in [0.1, 0.15) is 0 Å². The quantitative estimate of drug-likeness (QED) is 0.789. The Balaban J connectivity index is 2.22. The highest BCUT2D eigenvalue weighted by Gasteiger charge is 2.07. The molecule has 21 heavy (non-hydrogen) atoms. The summed E-state index contributed by atoms with van der Waals surface area (Å²) < 4.78 is 10.4. The van der Waals surface area contributed by atoms with Crippen LogP contribution < -0.4 is 9.47 Å². The van der Waals surface area contributed by atoms with E-state index in [0.717, 1.165) is 11.1 Å². The third-order valence-electron chi connectivity index (χ3n) is 3.02. The number of benzene rings is 2. The van der Waals surface area contributed by atoms with Crippen LogP contribution in [0.5, 0.6) is 11.5 Å². The van der Waals surface area contributed by atoms with E-state index in [4.69, 9.17) is 9.47 Å². The Labute approximate surface area is 124 Å². The van der Waals surface area contributed by atoms with Gasteiger partial charge in [-0.1, -0.05) is 30.3 Å². The first kappa shape index (κ1) is 14.6. The van der Waals surface area contributed by atoms with Gasteiger partial charge in [-0.05, 0) is 29.3 Å². The molecular formula is C17H16N2O2. The molecule has 2 rings (SSSR count). The van der Waals surface area contributed by atoms with E-state index in [-0.39, 0.29) is 0 Å². The third kappa shape index (κ3) is 3.61. The molecular weight excluding hydrogens is 264 g/mol. The lowest BCUT2D eigenvalue weighted by molar-refractivity contribution is 0.355. The molecule has 1 atom stereocenters. The van der Waals surface area contributed by atoms with Crippen molar-refractivity contribution in [1.82, 2.24) is 0 Å². The number of aliphatic imine (C=N–C) groups is 1. The van der Waals surface area contributed by atoms with Gasteiger partial charge >= 0.3 is 0 Å². The van der Waals surface area contributed by atoms with Crippen molar-refractivity contribution < 1.29 is 9.47 Å². The Hall–Kier alpha value is -2.80. The summed E-state index contributed by atoms with van der Waals surface area (Å²) in [6.45, 7) is 0. The van der Waals surface area contributed by atoms with E-state index in [1.807, 2.05) is 48.5 Å². The maximum atomic E-state index is 9.23. The lowest BCUT2D eigenvalue weighted by Gasteiger charge is -2.08. The predicted octanol–water partition coefficient (Wildman–Crippen LogP) is 3.39. The topological polar surface area (TPSA) is 54.6 Å². The highest BCUT2D eigenvalue weighted by Crippen LogP contribution is 2.27. The Kier molecular flexibility index (Phi) is 4.94. The first-order chi connectivity index (χ1) is 10.3. The lowest BCUT2D eigenvalue weighted by atomic mass is 10.1. The standard InChI is InChI=1S/C17H16N2O2/c1-20-16-9-8-13(10-17(16)21-2)12-19-15(11-18)14-6-4-3-5-7-14/h3-10,12,15H,1-2H3. The van der Waals surface area contributed by atoms with Crippen LogP contribution >= 0.6 is 0 Å². The summed E-state index contributed by atoms with van der Waals surface area (Å²) in [6.07, 6.45) is 1.67. The predicted molar refractivity (Wildman–Crippen MR) is 81.9 cm³/mol. The molecule has 0 saturated heterocycles.